The Morgan fingerprint density at radius 2 is 1.79 bits per heavy atom. The average molecular weight is 196 g/mol. The fourth-order valence-corrected chi connectivity index (χ4v) is 2.91. The largest absolute Gasteiger partial charge is 0.369 e. The number of amides is 1. The summed E-state index contributed by atoms with van der Waals surface area (Å²) in [6, 6.07) is 0. The van der Waals surface area contributed by atoms with Crippen LogP contribution in [0.1, 0.15) is 32.1 Å². The van der Waals surface area contributed by atoms with Crippen molar-refractivity contribution < 1.29 is 4.79 Å². The molecule has 0 aromatic heterocycles. The van der Waals surface area contributed by atoms with Gasteiger partial charge in [0.05, 0.1) is 0 Å². The van der Waals surface area contributed by atoms with Gasteiger partial charge in [0.15, 0.2) is 0 Å². The molecule has 0 spiro atoms. The first kappa shape index (κ1) is 9.97. The Morgan fingerprint density at radius 1 is 1.14 bits per heavy atom. The normalized spacial score (nSPS) is 26.9. The summed E-state index contributed by atoms with van der Waals surface area (Å²) in [7, 11) is 0. The highest BCUT2D eigenvalue weighted by atomic mass is 16.1. The highest BCUT2D eigenvalue weighted by molar-refractivity contribution is 5.77. The van der Waals surface area contributed by atoms with Crippen LogP contribution in [0.3, 0.4) is 0 Å². The van der Waals surface area contributed by atoms with E-state index in [1.54, 1.807) is 0 Å². The van der Waals surface area contributed by atoms with Gasteiger partial charge in [-0.2, -0.15) is 0 Å². The molecule has 1 aliphatic heterocycles. The van der Waals surface area contributed by atoms with E-state index >= 15 is 0 Å². The molecular weight excluding hydrogens is 176 g/mol. The number of rotatable bonds is 3. The van der Waals surface area contributed by atoms with E-state index in [0.29, 0.717) is 11.8 Å². The second kappa shape index (κ2) is 4.30. The van der Waals surface area contributed by atoms with Crippen LogP contribution in [0, 0.1) is 17.8 Å². The van der Waals surface area contributed by atoms with Gasteiger partial charge < -0.3 is 11.1 Å². The molecule has 1 heterocycles. The van der Waals surface area contributed by atoms with Crippen molar-refractivity contribution in [3.8, 4) is 0 Å². The molecule has 1 atom stereocenters. The second-order valence-electron chi connectivity index (χ2n) is 4.74. The Morgan fingerprint density at radius 3 is 2.21 bits per heavy atom. The maximum absolute atomic E-state index is 11.4. The highest BCUT2D eigenvalue weighted by Gasteiger charge is 2.37. The van der Waals surface area contributed by atoms with E-state index in [1.807, 2.05) is 0 Å². The van der Waals surface area contributed by atoms with Crippen molar-refractivity contribution >= 4 is 5.91 Å². The minimum Gasteiger partial charge on any atom is -0.369 e. The molecule has 2 fully saturated rings. The Balaban J connectivity index is 1.97. The maximum Gasteiger partial charge on any atom is 0.221 e. The number of nitrogens with two attached hydrogens (primary N) is 1. The van der Waals surface area contributed by atoms with Crippen LogP contribution >= 0.6 is 0 Å². The number of hydrogen-bond acceptors (Lipinski definition) is 2. The predicted octanol–water partition coefficient (Wildman–Crippen LogP) is 0.888. The summed E-state index contributed by atoms with van der Waals surface area (Å²) in [6.45, 7) is 1.98. The molecule has 14 heavy (non-hydrogen) atoms. The quantitative estimate of drug-likeness (QED) is 0.704. The third-order valence-corrected chi connectivity index (χ3v) is 3.81. The molecule has 0 aromatic rings. The lowest BCUT2D eigenvalue weighted by atomic mass is 9.72. The second-order valence-corrected chi connectivity index (χ2v) is 4.74. The van der Waals surface area contributed by atoms with E-state index < -0.39 is 0 Å². The monoisotopic (exact) mass is 196 g/mol. The minimum absolute atomic E-state index is 0.0663. The molecule has 0 radical (unpaired) electrons. The molecule has 1 unspecified atom stereocenters. The van der Waals surface area contributed by atoms with Crippen molar-refractivity contribution in [1.82, 2.24) is 5.32 Å². The zero-order chi connectivity index (χ0) is 9.97. The van der Waals surface area contributed by atoms with Gasteiger partial charge in [0, 0.05) is 5.92 Å². The summed E-state index contributed by atoms with van der Waals surface area (Å²) in [5, 5.41) is 3.23. The van der Waals surface area contributed by atoms with Crippen molar-refractivity contribution in [2.45, 2.75) is 32.1 Å². The van der Waals surface area contributed by atoms with Crippen LogP contribution in [0.2, 0.25) is 0 Å². The van der Waals surface area contributed by atoms with Crippen LogP contribution < -0.4 is 11.1 Å². The van der Waals surface area contributed by atoms with Crippen LogP contribution in [-0.2, 0) is 4.79 Å². The third-order valence-electron chi connectivity index (χ3n) is 3.81. The smallest absolute Gasteiger partial charge is 0.221 e. The number of carbonyl (C=O) groups is 1. The molecule has 80 valence electrons. The van der Waals surface area contributed by atoms with Gasteiger partial charge in [0.2, 0.25) is 5.91 Å². The van der Waals surface area contributed by atoms with Crippen LogP contribution in [0.5, 0.6) is 0 Å². The van der Waals surface area contributed by atoms with Crippen LogP contribution in [0.4, 0.5) is 0 Å². The Bertz CT molecular complexity index is 207. The van der Waals surface area contributed by atoms with E-state index in [2.05, 4.69) is 5.32 Å². The summed E-state index contributed by atoms with van der Waals surface area (Å²) in [5.74, 6) is 1.18. The zero-order valence-corrected chi connectivity index (χ0v) is 8.67. The lowest BCUT2D eigenvalue weighted by molar-refractivity contribution is -0.126. The zero-order valence-electron chi connectivity index (χ0n) is 8.67. The van der Waals surface area contributed by atoms with E-state index in [1.165, 1.54) is 32.1 Å². The number of hydrogen-bond donors (Lipinski definition) is 2. The summed E-state index contributed by atoms with van der Waals surface area (Å²) < 4.78 is 0. The Hall–Kier alpha value is -0.570. The van der Waals surface area contributed by atoms with E-state index in [9.17, 15) is 4.79 Å². The van der Waals surface area contributed by atoms with Crippen molar-refractivity contribution in [1.29, 1.82) is 0 Å². The molecule has 3 N–H and O–H groups in total. The molecule has 1 saturated heterocycles. The van der Waals surface area contributed by atoms with E-state index in [0.717, 1.165) is 13.1 Å². The topological polar surface area (TPSA) is 55.1 Å². The molecule has 0 aromatic carbocycles. The number of carbonyl (C=O) groups excluding carboxylic acids is 1. The van der Waals surface area contributed by atoms with Gasteiger partial charge in [0.1, 0.15) is 0 Å². The fraction of sp³-hybridized carbons (Fsp3) is 0.909. The lowest BCUT2D eigenvalue weighted by Gasteiger charge is -2.38. The molecule has 3 heteroatoms. The lowest BCUT2D eigenvalue weighted by Crippen LogP contribution is -2.52. The fourth-order valence-electron chi connectivity index (χ4n) is 2.91. The van der Waals surface area contributed by atoms with Crippen molar-refractivity contribution in [2.24, 2.45) is 23.5 Å². The van der Waals surface area contributed by atoms with Gasteiger partial charge in [-0.05, 0) is 37.8 Å². The first-order valence-corrected chi connectivity index (χ1v) is 5.79. The van der Waals surface area contributed by atoms with Crippen LogP contribution in [-0.4, -0.2) is 19.0 Å². The first-order chi connectivity index (χ1) is 6.79. The summed E-state index contributed by atoms with van der Waals surface area (Å²) >= 11 is 0. The number of primary amides is 1. The molecule has 2 aliphatic rings. The Labute approximate surface area is 85.4 Å². The molecule has 1 saturated carbocycles. The maximum atomic E-state index is 11.4. The van der Waals surface area contributed by atoms with Gasteiger partial charge in [-0.15, -0.1) is 0 Å². The molecule has 3 nitrogen and oxygen atoms in total. The van der Waals surface area contributed by atoms with Crippen LogP contribution in [0.15, 0.2) is 0 Å². The Kier molecular flexibility index (Phi) is 3.06. The molecule has 0 bridgehead atoms. The first-order valence-electron chi connectivity index (χ1n) is 5.79. The molecular formula is C11H20N2O. The highest BCUT2D eigenvalue weighted by Crippen LogP contribution is 2.35. The average Bonchev–Trinajstić information content (AvgIpc) is 2.12. The van der Waals surface area contributed by atoms with Gasteiger partial charge in [-0.25, -0.2) is 0 Å². The van der Waals surface area contributed by atoms with Gasteiger partial charge in [0.25, 0.3) is 0 Å². The van der Waals surface area contributed by atoms with Crippen molar-refractivity contribution in [3.05, 3.63) is 0 Å². The minimum atomic E-state index is -0.0663. The standard InChI is InChI=1S/C11H20N2O/c12-11(14)10(9-6-13-7-9)8-4-2-1-3-5-8/h8-10,13H,1-7H2,(H2,12,14). The van der Waals surface area contributed by atoms with Gasteiger partial charge >= 0.3 is 0 Å². The van der Waals surface area contributed by atoms with Gasteiger partial charge in [-0.1, -0.05) is 19.3 Å². The molecule has 1 aliphatic carbocycles. The van der Waals surface area contributed by atoms with E-state index in [-0.39, 0.29) is 11.8 Å². The summed E-state index contributed by atoms with van der Waals surface area (Å²) in [5.41, 5.74) is 5.51. The third kappa shape index (κ3) is 1.92. The molecule has 1 amide bonds. The summed E-state index contributed by atoms with van der Waals surface area (Å²) in [6.07, 6.45) is 6.34. The SMILES string of the molecule is NC(=O)C(C1CCCCC1)C1CNC1. The van der Waals surface area contributed by atoms with Crippen molar-refractivity contribution in [3.63, 3.8) is 0 Å². The number of nitrogens with one attached hydrogen (secondary N) is 1. The predicted molar refractivity (Wildman–Crippen MR) is 55.6 cm³/mol. The van der Waals surface area contributed by atoms with E-state index in [4.69, 9.17) is 5.73 Å². The summed E-state index contributed by atoms with van der Waals surface area (Å²) in [4.78, 5) is 11.4. The van der Waals surface area contributed by atoms with Crippen LogP contribution in [0.25, 0.3) is 0 Å². The van der Waals surface area contributed by atoms with Gasteiger partial charge in [-0.3, -0.25) is 4.79 Å². The van der Waals surface area contributed by atoms with Crippen molar-refractivity contribution in [2.75, 3.05) is 13.1 Å². The molecule has 2 rings (SSSR count).